The molecule has 0 fully saturated rings. The number of benzene rings is 1. The Morgan fingerprint density at radius 2 is 2.25 bits per heavy atom. The number of rotatable bonds is 3. The quantitative estimate of drug-likeness (QED) is 0.866. The predicted octanol–water partition coefficient (Wildman–Crippen LogP) is 2.43. The van der Waals surface area contributed by atoms with Crippen molar-refractivity contribution in [3.05, 3.63) is 35.2 Å². The molecule has 0 spiro atoms. The molecule has 0 amide bonds. The molecule has 0 saturated heterocycles. The molecule has 2 N–H and O–H groups in total. The maximum Gasteiger partial charge on any atom is 0.126 e. The van der Waals surface area contributed by atoms with Crippen LogP contribution in [0.5, 0.6) is 0 Å². The first kappa shape index (κ1) is 11.1. The summed E-state index contributed by atoms with van der Waals surface area (Å²) in [5.74, 6) is -0.386. The lowest BCUT2D eigenvalue weighted by atomic mass is 10.2. The Morgan fingerprint density at radius 1 is 1.44 bits per heavy atom. The summed E-state index contributed by atoms with van der Waals surface area (Å²) in [6.07, 6.45) is 1.56. The molecule has 1 aromatic carbocycles. The number of hydrogen-bond acceptors (Lipinski definition) is 3. The van der Waals surface area contributed by atoms with Crippen molar-refractivity contribution in [1.82, 2.24) is 4.98 Å². The molecular formula is C11H10ClFN2O. The highest BCUT2D eigenvalue weighted by molar-refractivity contribution is 6.35. The lowest BCUT2D eigenvalue weighted by Crippen LogP contribution is -2.06. The van der Waals surface area contributed by atoms with Crippen molar-refractivity contribution < 1.29 is 9.50 Å². The van der Waals surface area contributed by atoms with Crippen LogP contribution in [0, 0.1) is 5.82 Å². The van der Waals surface area contributed by atoms with Crippen LogP contribution < -0.4 is 5.32 Å². The van der Waals surface area contributed by atoms with Crippen LogP contribution in [-0.2, 0) is 0 Å². The van der Waals surface area contributed by atoms with Gasteiger partial charge < -0.3 is 10.4 Å². The number of hydrogen-bond donors (Lipinski definition) is 2. The van der Waals surface area contributed by atoms with Gasteiger partial charge in [-0.05, 0) is 18.2 Å². The van der Waals surface area contributed by atoms with Gasteiger partial charge in [0, 0.05) is 18.1 Å². The summed E-state index contributed by atoms with van der Waals surface area (Å²) < 4.78 is 13.3. The minimum atomic E-state index is -0.386. The summed E-state index contributed by atoms with van der Waals surface area (Å²) in [6, 6.07) is 4.29. The fraction of sp³-hybridized carbons (Fsp3) is 0.182. The summed E-state index contributed by atoms with van der Waals surface area (Å²) in [5, 5.41) is 12.6. The number of nitrogens with one attached hydrogen (secondary N) is 1. The van der Waals surface area contributed by atoms with Crippen molar-refractivity contribution in [3.63, 3.8) is 0 Å². The van der Waals surface area contributed by atoms with Crippen molar-refractivity contribution in [1.29, 1.82) is 0 Å². The van der Waals surface area contributed by atoms with E-state index in [9.17, 15) is 4.39 Å². The van der Waals surface area contributed by atoms with Gasteiger partial charge in [-0.2, -0.15) is 0 Å². The Hall–Kier alpha value is -1.39. The maximum atomic E-state index is 13.3. The first-order chi connectivity index (χ1) is 7.72. The Labute approximate surface area is 96.9 Å². The van der Waals surface area contributed by atoms with Crippen molar-refractivity contribution >= 4 is 28.2 Å². The van der Waals surface area contributed by atoms with Gasteiger partial charge >= 0.3 is 0 Å². The van der Waals surface area contributed by atoms with E-state index in [2.05, 4.69) is 10.3 Å². The van der Waals surface area contributed by atoms with E-state index in [4.69, 9.17) is 16.7 Å². The number of nitrogens with zero attached hydrogens (tertiary/aromatic N) is 1. The number of aromatic nitrogens is 1. The van der Waals surface area contributed by atoms with Crippen LogP contribution in [0.1, 0.15) is 0 Å². The van der Waals surface area contributed by atoms with Crippen LogP contribution in [0.15, 0.2) is 24.4 Å². The molecule has 0 atom stereocenters. The molecule has 0 bridgehead atoms. The molecule has 0 radical (unpaired) electrons. The molecule has 1 heterocycles. The SMILES string of the molecule is OCCNc1cc(F)cc2c(Cl)ccnc12. The number of anilines is 1. The third-order valence-electron chi connectivity index (χ3n) is 2.18. The highest BCUT2D eigenvalue weighted by atomic mass is 35.5. The van der Waals surface area contributed by atoms with Gasteiger partial charge in [-0.1, -0.05) is 11.6 Å². The van der Waals surface area contributed by atoms with E-state index in [1.807, 2.05) is 0 Å². The summed E-state index contributed by atoms with van der Waals surface area (Å²) >= 11 is 5.95. The molecule has 0 aliphatic carbocycles. The number of aliphatic hydroxyl groups is 1. The molecule has 2 rings (SSSR count). The Kier molecular flexibility index (Phi) is 3.22. The smallest absolute Gasteiger partial charge is 0.126 e. The zero-order valence-electron chi connectivity index (χ0n) is 8.37. The molecule has 0 aliphatic rings. The van der Waals surface area contributed by atoms with Gasteiger partial charge in [0.15, 0.2) is 0 Å². The lowest BCUT2D eigenvalue weighted by Gasteiger charge is -2.08. The first-order valence-corrected chi connectivity index (χ1v) is 5.18. The lowest BCUT2D eigenvalue weighted by molar-refractivity contribution is 0.311. The highest BCUT2D eigenvalue weighted by Gasteiger charge is 2.07. The van der Waals surface area contributed by atoms with E-state index >= 15 is 0 Å². The van der Waals surface area contributed by atoms with Crippen LogP contribution in [-0.4, -0.2) is 23.2 Å². The van der Waals surface area contributed by atoms with E-state index in [1.165, 1.54) is 12.1 Å². The molecule has 2 aromatic rings. The van der Waals surface area contributed by atoms with Gasteiger partial charge in [-0.15, -0.1) is 0 Å². The van der Waals surface area contributed by atoms with Crippen molar-refractivity contribution in [2.45, 2.75) is 0 Å². The standard InChI is InChI=1S/C11H10ClFN2O/c12-9-1-2-15-11-8(9)5-7(13)6-10(11)14-3-4-16/h1-2,5-6,14,16H,3-4H2. The fourth-order valence-electron chi connectivity index (χ4n) is 1.51. The van der Waals surface area contributed by atoms with E-state index in [0.29, 0.717) is 28.2 Å². The molecule has 0 aliphatic heterocycles. The summed E-state index contributed by atoms with van der Waals surface area (Å²) in [7, 11) is 0. The Morgan fingerprint density at radius 3 is 3.00 bits per heavy atom. The zero-order chi connectivity index (χ0) is 11.5. The monoisotopic (exact) mass is 240 g/mol. The van der Waals surface area contributed by atoms with Gasteiger partial charge in [0.05, 0.1) is 22.8 Å². The maximum absolute atomic E-state index is 13.3. The number of pyridine rings is 1. The largest absolute Gasteiger partial charge is 0.395 e. The van der Waals surface area contributed by atoms with Crippen LogP contribution in [0.25, 0.3) is 10.9 Å². The average molecular weight is 241 g/mol. The van der Waals surface area contributed by atoms with Crippen molar-refractivity contribution in [2.75, 3.05) is 18.5 Å². The molecule has 5 heteroatoms. The minimum Gasteiger partial charge on any atom is -0.395 e. The van der Waals surface area contributed by atoms with E-state index < -0.39 is 0 Å². The van der Waals surface area contributed by atoms with Crippen LogP contribution >= 0.6 is 11.6 Å². The normalized spacial score (nSPS) is 10.7. The van der Waals surface area contributed by atoms with Crippen LogP contribution in [0.2, 0.25) is 5.02 Å². The van der Waals surface area contributed by atoms with Gasteiger partial charge in [-0.25, -0.2) is 4.39 Å². The van der Waals surface area contributed by atoms with Gasteiger partial charge in [0.1, 0.15) is 5.82 Å². The molecule has 0 saturated carbocycles. The Bertz CT molecular complexity index is 519. The molecule has 16 heavy (non-hydrogen) atoms. The number of fused-ring (bicyclic) bond motifs is 1. The van der Waals surface area contributed by atoms with Gasteiger partial charge in [0.2, 0.25) is 0 Å². The van der Waals surface area contributed by atoms with E-state index in [1.54, 1.807) is 12.3 Å². The number of aliphatic hydroxyl groups excluding tert-OH is 1. The Balaban J connectivity index is 2.59. The number of halogens is 2. The molecule has 3 nitrogen and oxygen atoms in total. The first-order valence-electron chi connectivity index (χ1n) is 4.81. The van der Waals surface area contributed by atoms with Crippen LogP contribution in [0.3, 0.4) is 0 Å². The topological polar surface area (TPSA) is 45.1 Å². The highest BCUT2D eigenvalue weighted by Crippen LogP contribution is 2.28. The second-order valence-corrected chi connectivity index (χ2v) is 3.70. The zero-order valence-corrected chi connectivity index (χ0v) is 9.13. The molecular weight excluding hydrogens is 231 g/mol. The average Bonchev–Trinajstić information content (AvgIpc) is 2.27. The van der Waals surface area contributed by atoms with E-state index in [-0.39, 0.29) is 12.4 Å². The van der Waals surface area contributed by atoms with Gasteiger partial charge in [-0.3, -0.25) is 4.98 Å². The van der Waals surface area contributed by atoms with Crippen molar-refractivity contribution in [2.24, 2.45) is 0 Å². The second kappa shape index (κ2) is 4.63. The molecule has 1 aromatic heterocycles. The third-order valence-corrected chi connectivity index (χ3v) is 2.51. The second-order valence-electron chi connectivity index (χ2n) is 3.29. The summed E-state index contributed by atoms with van der Waals surface area (Å²) in [4.78, 5) is 4.14. The fourth-order valence-corrected chi connectivity index (χ4v) is 1.71. The molecule has 0 unspecified atom stereocenters. The predicted molar refractivity (Wildman–Crippen MR) is 62.3 cm³/mol. The van der Waals surface area contributed by atoms with Crippen LogP contribution in [0.4, 0.5) is 10.1 Å². The molecule has 84 valence electrons. The summed E-state index contributed by atoms with van der Waals surface area (Å²) in [6.45, 7) is 0.311. The van der Waals surface area contributed by atoms with Gasteiger partial charge in [0.25, 0.3) is 0 Å². The van der Waals surface area contributed by atoms with Crippen molar-refractivity contribution in [3.8, 4) is 0 Å². The third kappa shape index (κ3) is 2.08. The summed E-state index contributed by atoms with van der Waals surface area (Å²) in [5.41, 5.74) is 1.13. The van der Waals surface area contributed by atoms with E-state index in [0.717, 1.165) is 0 Å². The minimum absolute atomic E-state index is 0.0292.